The molecule has 6 nitrogen and oxygen atoms in total. The van der Waals surface area contributed by atoms with Gasteiger partial charge in [-0.2, -0.15) is 0 Å². The van der Waals surface area contributed by atoms with Crippen LogP contribution in [0.25, 0.3) is 22.3 Å². The fourth-order valence-corrected chi connectivity index (χ4v) is 4.42. The predicted octanol–water partition coefficient (Wildman–Crippen LogP) is 6.99. The lowest BCUT2D eigenvalue weighted by Crippen LogP contribution is -2.21. The van der Waals surface area contributed by atoms with Gasteiger partial charge in [-0.1, -0.05) is 55.0 Å². The number of methoxy groups -OCH3 is 1. The maximum Gasteiger partial charge on any atom is 0.163 e. The summed E-state index contributed by atoms with van der Waals surface area (Å²) in [5.41, 5.74) is 6.43. The molecule has 0 radical (unpaired) electrons. The molecule has 37 heavy (non-hydrogen) atoms. The van der Waals surface area contributed by atoms with E-state index >= 15 is 0 Å². The molecule has 6 heteroatoms. The first-order chi connectivity index (χ1) is 18.1. The number of fused-ring (bicyclic) bond motifs is 1. The molecule has 0 aliphatic heterocycles. The van der Waals surface area contributed by atoms with Gasteiger partial charge in [-0.05, 0) is 60.9 Å². The molecule has 0 aliphatic carbocycles. The number of hydrogen-bond acceptors (Lipinski definition) is 6. The summed E-state index contributed by atoms with van der Waals surface area (Å²) in [7, 11) is 1.67. The average molecular weight is 490 g/mol. The summed E-state index contributed by atoms with van der Waals surface area (Å²) in [5.74, 6) is 2.10. The maximum atomic E-state index is 5.50. The first-order valence-corrected chi connectivity index (χ1v) is 12.6. The van der Waals surface area contributed by atoms with Crippen molar-refractivity contribution in [1.82, 2.24) is 20.3 Å². The molecule has 0 spiro atoms. The molecule has 5 rings (SSSR count). The van der Waals surface area contributed by atoms with Crippen LogP contribution in [0.5, 0.6) is 5.75 Å². The number of benzene rings is 3. The van der Waals surface area contributed by atoms with Gasteiger partial charge in [-0.15, -0.1) is 0 Å². The Balaban J connectivity index is 1.51. The van der Waals surface area contributed by atoms with Crippen molar-refractivity contribution in [3.63, 3.8) is 0 Å². The molecule has 1 atom stereocenters. The van der Waals surface area contributed by atoms with Crippen molar-refractivity contribution < 1.29 is 4.74 Å². The van der Waals surface area contributed by atoms with Crippen LogP contribution in [0.3, 0.4) is 0 Å². The number of para-hydroxylation sites is 1. The van der Waals surface area contributed by atoms with Gasteiger partial charge < -0.3 is 15.4 Å². The number of anilines is 2. The molecule has 0 saturated heterocycles. The molecule has 0 fully saturated rings. The lowest BCUT2D eigenvalue weighted by molar-refractivity contribution is 0.415. The monoisotopic (exact) mass is 489 g/mol. The number of aryl methyl sites for hydroxylation is 1. The molecule has 2 aromatic heterocycles. The van der Waals surface area contributed by atoms with E-state index in [1.165, 1.54) is 16.7 Å². The largest absolute Gasteiger partial charge is 0.497 e. The van der Waals surface area contributed by atoms with E-state index < -0.39 is 0 Å². The first kappa shape index (κ1) is 24.4. The lowest BCUT2D eigenvalue weighted by atomic mass is 10.0. The minimum Gasteiger partial charge on any atom is -0.497 e. The van der Waals surface area contributed by atoms with Gasteiger partial charge in [0.1, 0.15) is 11.6 Å². The van der Waals surface area contributed by atoms with Crippen LogP contribution in [0.2, 0.25) is 0 Å². The second kappa shape index (κ2) is 11.2. The summed E-state index contributed by atoms with van der Waals surface area (Å²) < 4.78 is 5.50. The number of hydrogen-bond donors (Lipinski definition) is 2. The van der Waals surface area contributed by atoms with E-state index in [9.17, 15) is 0 Å². The van der Waals surface area contributed by atoms with Crippen molar-refractivity contribution in [2.45, 2.75) is 32.9 Å². The molecule has 186 valence electrons. The Labute approximate surface area is 217 Å². The third-order valence-electron chi connectivity index (χ3n) is 6.49. The normalized spacial score (nSPS) is 11.9. The Morgan fingerprint density at radius 2 is 1.76 bits per heavy atom. The van der Waals surface area contributed by atoms with Crippen molar-refractivity contribution in [3.8, 4) is 17.1 Å². The molecule has 0 saturated carbocycles. The molecule has 3 aromatic carbocycles. The summed E-state index contributed by atoms with van der Waals surface area (Å²) in [6.45, 7) is 5.11. The van der Waals surface area contributed by atoms with Gasteiger partial charge >= 0.3 is 0 Å². The number of nitrogens with zero attached hydrogens (tertiary/aromatic N) is 3. The Morgan fingerprint density at radius 3 is 2.51 bits per heavy atom. The van der Waals surface area contributed by atoms with Crippen LogP contribution in [0.15, 0.2) is 91.3 Å². The number of rotatable bonds is 9. The SMILES string of the molecule is CCC(NCc1ccc(C)cc1)c1ccccc1Nc1nc(-c2cccnc2)nc2ccc(OC)cc12. The van der Waals surface area contributed by atoms with Crippen LogP contribution >= 0.6 is 0 Å². The molecular formula is C31H31N5O. The Hall–Kier alpha value is -4.29. The van der Waals surface area contributed by atoms with Crippen molar-refractivity contribution in [2.75, 3.05) is 12.4 Å². The maximum absolute atomic E-state index is 5.50. The average Bonchev–Trinajstić information content (AvgIpc) is 2.95. The molecule has 1 unspecified atom stereocenters. The van der Waals surface area contributed by atoms with E-state index in [-0.39, 0.29) is 6.04 Å². The van der Waals surface area contributed by atoms with Crippen molar-refractivity contribution in [2.24, 2.45) is 0 Å². The highest BCUT2D eigenvalue weighted by Crippen LogP contribution is 2.33. The van der Waals surface area contributed by atoms with Crippen LogP contribution < -0.4 is 15.4 Å². The number of aromatic nitrogens is 3. The lowest BCUT2D eigenvalue weighted by Gasteiger charge is -2.22. The molecule has 2 heterocycles. The minimum atomic E-state index is 0.172. The summed E-state index contributed by atoms with van der Waals surface area (Å²) >= 11 is 0. The summed E-state index contributed by atoms with van der Waals surface area (Å²) in [4.78, 5) is 14.0. The molecular weight excluding hydrogens is 458 g/mol. The standard InChI is InChI=1S/C31H31N5O/c1-4-27(33-19-22-13-11-21(2)12-14-22)25-9-5-6-10-28(25)35-31-26-18-24(37-3)15-16-29(26)34-30(36-31)23-8-7-17-32-20-23/h5-18,20,27,33H,4,19H2,1-3H3,(H,34,35,36). The van der Waals surface area contributed by atoms with E-state index in [1.54, 1.807) is 19.5 Å². The van der Waals surface area contributed by atoms with Crippen LogP contribution in [-0.2, 0) is 6.54 Å². The van der Waals surface area contributed by atoms with Crippen LogP contribution in [-0.4, -0.2) is 22.1 Å². The van der Waals surface area contributed by atoms with E-state index in [4.69, 9.17) is 14.7 Å². The van der Waals surface area contributed by atoms with Crippen LogP contribution in [0, 0.1) is 6.92 Å². The molecule has 0 amide bonds. The van der Waals surface area contributed by atoms with Gasteiger partial charge in [0.05, 0.1) is 12.6 Å². The zero-order chi connectivity index (χ0) is 25.6. The van der Waals surface area contributed by atoms with Crippen LogP contribution in [0.4, 0.5) is 11.5 Å². The highest BCUT2D eigenvalue weighted by Gasteiger charge is 2.16. The topological polar surface area (TPSA) is 72.0 Å². The van der Waals surface area contributed by atoms with Gasteiger partial charge in [0.15, 0.2) is 5.82 Å². The zero-order valence-corrected chi connectivity index (χ0v) is 21.4. The number of ether oxygens (including phenoxy) is 1. The molecule has 2 N–H and O–H groups in total. The van der Waals surface area contributed by atoms with Gasteiger partial charge in [-0.3, -0.25) is 4.98 Å². The van der Waals surface area contributed by atoms with Crippen molar-refractivity contribution in [3.05, 3.63) is 108 Å². The Morgan fingerprint density at radius 1 is 0.919 bits per heavy atom. The smallest absolute Gasteiger partial charge is 0.163 e. The number of pyridine rings is 1. The van der Waals surface area contributed by atoms with Crippen LogP contribution in [0.1, 0.15) is 36.1 Å². The molecule has 0 aliphatic rings. The van der Waals surface area contributed by atoms with E-state index in [0.29, 0.717) is 5.82 Å². The second-order valence-electron chi connectivity index (χ2n) is 9.06. The van der Waals surface area contributed by atoms with Gasteiger partial charge in [0.25, 0.3) is 0 Å². The highest BCUT2D eigenvalue weighted by atomic mass is 16.5. The fourth-order valence-electron chi connectivity index (χ4n) is 4.42. The van der Waals surface area contributed by atoms with Crippen molar-refractivity contribution in [1.29, 1.82) is 0 Å². The quantitative estimate of drug-likeness (QED) is 0.232. The predicted molar refractivity (Wildman–Crippen MR) is 150 cm³/mol. The first-order valence-electron chi connectivity index (χ1n) is 12.6. The number of nitrogens with one attached hydrogen (secondary N) is 2. The Kier molecular flexibility index (Phi) is 7.38. The van der Waals surface area contributed by atoms with E-state index in [1.807, 2.05) is 36.4 Å². The van der Waals surface area contributed by atoms with Gasteiger partial charge in [0.2, 0.25) is 0 Å². The van der Waals surface area contributed by atoms with E-state index in [2.05, 4.69) is 71.9 Å². The highest BCUT2D eigenvalue weighted by molar-refractivity contribution is 5.93. The van der Waals surface area contributed by atoms with Gasteiger partial charge in [0, 0.05) is 41.6 Å². The third kappa shape index (κ3) is 5.60. The van der Waals surface area contributed by atoms with E-state index in [0.717, 1.165) is 46.7 Å². The molecule has 0 bridgehead atoms. The minimum absolute atomic E-state index is 0.172. The fraction of sp³-hybridized carbons (Fsp3) is 0.194. The zero-order valence-electron chi connectivity index (χ0n) is 21.4. The van der Waals surface area contributed by atoms with Crippen molar-refractivity contribution >= 4 is 22.4 Å². The third-order valence-corrected chi connectivity index (χ3v) is 6.49. The Bertz CT molecular complexity index is 1490. The summed E-state index contributed by atoms with van der Waals surface area (Å²) in [6, 6.07) is 27.0. The summed E-state index contributed by atoms with van der Waals surface area (Å²) in [5, 5.41) is 8.26. The summed E-state index contributed by atoms with van der Waals surface area (Å²) in [6.07, 6.45) is 4.48. The molecule has 5 aromatic rings. The van der Waals surface area contributed by atoms with Gasteiger partial charge in [-0.25, -0.2) is 9.97 Å². The second-order valence-corrected chi connectivity index (χ2v) is 9.06.